The fourth-order valence-corrected chi connectivity index (χ4v) is 2.23. The summed E-state index contributed by atoms with van der Waals surface area (Å²) in [5, 5.41) is 10.4. The molecule has 4 heteroatoms. The van der Waals surface area contributed by atoms with Gasteiger partial charge in [0.25, 0.3) is 0 Å². The number of aryl methyl sites for hydroxylation is 1. The van der Waals surface area contributed by atoms with Crippen LogP contribution in [0.1, 0.15) is 23.2 Å². The van der Waals surface area contributed by atoms with E-state index in [9.17, 15) is 0 Å². The first kappa shape index (κ1) is 14.8. The minimum Gasteiger partial charge on any atom is -0.312 e. The summed E-state index contributed by atoms with van der Waals surface area (Å²) in [4.78, 5) is 2.36. The van der Waals surface area contributed by atoms with E-state index in [-0.39, 0.29) is 0 Å². The lowest BCUT2D eigenvalue weighted by atomic mass is 10.2. The van der Waals surface area contributed by atoms with Crippen molar-refractivity contribution >= 4 is 0 Å². The Bertz CT molecular complexity index is 492. The summed E-state index contributed by atoms with van der Waals surface area (Å²) in [6.45, 7) is 6.10. The summed E-state index contributed by atoms with van der Waals surface area (Å²) in [6, 6.07) is 10.6. The maximum absolute atomic E-state index is 4.02. The van der Waals surface area contributed by atoms with Crippen LogP contribution < -0.4 is 5.32 Å². The van der Waals surface area contributed by atoms with Crippen LogP contribution in [0, 0.1) is 6.92 Å². The molecule has 0 bridgehead atoms. The van der Waals surface area contributed by atoms with E-state index in [0.717, 1.165) is 38.3 Å². The Balaban J connectivity index is 1.58. The molecule has 0 amide bonds. The minimum absolute atomic E-state index is 0.894. The van der Waals surface area contributed by atoms with Gasteiger partial charge in [0.15, 0.2) is 0 Å². The van der Waals surface area contributed by atoms with Gasteiger partial charge in [0.05, 0.1) is 6.20 Å². The van der Waals surface area contributed by atoms with Gasteiger partial charge >= 0.3 is 0 Å². The average molecular weight is 272 g/mol. The predicted octanol–water partition coefficient (Wildman–Crippen LogP) is 2.33. The molecule has 0 radical (unpaired) electrons. The average Bonchev–Trinajstić information content (AvgIpc) is 2.85. The van der Waals surface area contributed by atoms with Crippen LogP contribution in [0.15, 0.2) is 36.5 Å². The van der Waals surface area contributed by atoms with Crippen LogP contribution in [0.25, 0.3) is 0 Å². The van der Waals surface area contributed by atoms with Crippen molar-refractivity contribution in [3.8, 4) is 0 Å². The zero-order valence-electron chi connectivity index (χ0n) is 12.4. The first-order valence-corrected chi connectivity index (χ1v) is 7.18. The Kier molecular flexibility index (Phi) is 5.77. The van der Waals surface area contributed by atoms with E-state index in [1.165, 1.54) is 11.1 Å². The maximum atomic E-state index is 4.02. The molecule has 0 spiro atoms. The number of rotatable bonds is 8. The van der Waals surface area contributed by atoms with Crippen LogP contribution in [0.3, 0.4) is 0 Å². The monoisotopic (exact) mass is 272 g/mol. The summed E-state index contributed by atoms with van der Waals surface area (Å²) < 4.78 is 0. The van der Waals surface area contributed by atoms with E-state index in [1.54, 1.807) is 0 Å². The van der Waals surface area contributed by atoms with Crippen molar-refractivity contribution in [2.24, 2.45) is 0 Å². The zero-order chi connectivity index (χ0) is 14.2. The van der Waals surface area contributed by atoms with Crippen LogP contribution in [-0.4, -0.2) is 35.2 Å². The lowest BCUT2D eigenvalue weighted by Gasteiger charge is -2.16. The Morgan fingerprint density at radius 3 is 2.75 bits per heavy atom. The Hall–Kier alpha value is -1.65. The lowest BCUT2D eigenvalue weighted by Crippen LogP contribution is -2.23. The van der Waals surface area contributed by atoms with Crippen molar-refractivity contribution in [3.63, 3.8) is 0 Å². The van der Waals surface area contributed by atoms with Crippen molar-refractivity contribution in [2.75, 3.05) is 20.1 Å². The highest BCUT2D eigenvalue weighted by Crippen LogP contribution is 2.03. The third-order valence-corrected chi connectivity index (χ3v) is 3.44. The second-order valence-corrected chi connectivity index (χ2v) is 5.27. The molecule has 0 saturated carbocycles. The highest BCUT2D eigenvalue weighted by atomic mass is 15.1. The molecule has 2 rings (SSSR count). The maximum Gasteiger partial charge on any atom is 0.0535 e. The van der Waals surface area contributed by atoms with Gasteiger partial charge in [0, 0.05) is 24.3 Å². The van der Waals surface area contributed by atoms with Gasteiger partial charge in [-0.3, -0.25) is 5.10 Å². The first-order chi connectivity index (χ1) is 9.75. The van der Waals surface area contributed by atoms with Gasteiger partial charge in [-0.05, 0) is 39.0 Å². The second kappa shape index (κ2) is 7.82. The molecular weight excluding hydrogens is 248 g/mol. The smallest absolute Gasteiger partial charge is 0.0535 e. The van der Waals surface area contributed by atoms with E-state index < -0.39 is 0 Å². The summed E-state index contributed by atoms with van der Waals surface area (Å²) in [6.07, 6.45) is 3.05. The molecule has 0 atom stereocenters. The number of benzene rings is 1. The molecule has 20 heavy (non-hydrogen) atoms. The molecule has 0 aliphatic heterocycles. The van der Waals surface area contributed by atoms with Gasteiger partial charge in [-0.15, -0.1) is 0 Å². The van der Waals surface area contributed by atoms with E-state index in [0.29, 0.717) is 0 Å². The number of hydrogen-bond acceptors (Lipinski definition) is 3. The lowest BCUT2D eigenvalue weighted by molar-refractivity contribution is 0.319. The first-order valence-electron chi connectivity index (χ1n) is 7.18. The topological polar surface area (TPSA) is 44.0 Å². The summed E-state index contributed by atoms with van der Waals surface area (Å²) in [7, 11) is 2.17. The van der Waals surface area contributed by atoms with E-state index in [2.05, 4.69) is 64.7 Å². The molecule has 2 aromatic rings. The molecular formula is C16H24N4. The van der Waals surface area contributed by atoms with E-state index >= 15 is 0 Å². The van der Waals surface area contributed by atoms with Crippen molar-refractivity contribution in [3.05, 3.63) is 53.3 Å². The van der Waals surface area contributed by atoms with Crippen LogP contribution in [0.2, 0.25) is 0 Å². The number of nitrogens with one attached hydrogen (secondary N) is 2. The van der Waals surface area contributed by atoms with Crippen molar-refractivity contribution in [1.29, 1.82) is 0 Å². The summed E-state index contributed by atoms with van der Waals surface area (Å²) >= 11 is 0. The normalized spacial score (nSPS) is 11.2. The number of nitrogens with zero attached hydrogens (tertiary/aromatic N) is 2. The molecule has 108 valence electrons. The molecule has 1 aromatic carbocycles. The Morgan fingerprint density at radius 1 is 1.25 bits per heavy atom. The molecule has 0 fully saturated rings. The number of H-pyrrole nitrogens is 1. The summed E-state index contributed by atoms with van der Waals surface area (Å²) in [5.41, 5.74) is 3.78. The van der Waals surface area contributed by atoms with Crippen molar-refractivity contribution in [2.45, 2.75) is 26.4 Å². The molecule has 2 N–H and O–H groups in total. The van der Waals surface area contributed by atoms with Gasteiger partial charge in [0.2, 0.25) is 0 Å². The molecule has 0 saturated heterocycles. The molecule has 0 aliphatic rings. The summed E-state index contributed by atoms with van der Waals surface area (Å²) in [5.74, 6) is 0. The number of hydrogen-bond donors (Lipinski definition) is 2. The third kappa shape index (κ3) is 4.79. The molecule has 1 aromatic heterocycles. The fraction of sp³-hybridized carbons (Fsp3) is 0.438. The molecule has 1 heterocycles. The zero-order valence-corrected chi connectivity index (χ0v) is 12.4. The highest BCUT2D eigenvalue weighted by molar-refractivity contribution is 5.14. The minimum atomic E-state index is 0.894. The van der Waals surface area contributed by atoms with Crippen LogP contribution in [0.4, 0.5) is 0 Å². The standard InChI is InChI=1S/C16H24N4/c1-14-16(12-18-19-14)11-17-9-6-10-20(2)13-15-7-4-3-5-8-15/h3-5,7-8,12,17H,6,9-11,13H2,1-2H3,(H,18,19). The Labute approximate surface area is 121 Å². The van der Waals surface area contributed by atoms with Crippen LogP contribution >= 0.6 is 0 Å². The number of aromatic amines is 1. The predicted molar refractivity (Wildman–Crippen MR) is 82.4 cm³/mol. The Morgan fingerprint density at radius 2 is 2.05 bits per heavy atom. The van der Waals surface area contributed by atoms with Crippen molar-refractivity contribution in [1.82, 2.24) is 20.4 Å². The van der Waals surface area contributed by atoms with Gasteiger partial charge in [0.1, 0.15) is 0 Å². The molecule has 0 aliphatic carbocycles. The molecule has 0 unspecified atom stereocenters. The van der Waals surface area contributed by atoms with Crippen molar-refractivity contribution < 1.29 is 0 Å². The third-order valence-electron chi connectivity index (χ3n) is 3.44. The van der Waals surface area contributed by atoms with Gasteiger partial charge in [-0.2, -0.15) is 5.10 Å². The van der Waals surface area contributed by atoms with Gasteiger partial charge < -0.3 is 10.2 Å². The number of aromatic nitrogens is 2. The second-order valence-electron chi connectivity index (χ2n) is 5.27. The fourth-order valence-electron chi connectivity index (χ4n) is 2.23. The SMILES string of the molecule is Cc1[nH]ncc1CNCCCN(C)Cc1ccccc1. The van der Waals surface area contributed by atoms with Crippen LogP contribution in [-0.2, 0) is 13.1 Å². The van der Waals surface area contributed by atoms with E-state index in [1.807, 2.05) is 6.20 Å². The molecule has 4 nitrogen and oxygen atoms in total. The van der Waals surface area contributed by atoms with Gasteiger partial charge in [-0.25, -0.2) is 0 Å². The van der Waals surface area contributed by atoms with Gasteiger partial charge in [-0.1, -0.05) is 30.3 Å². The quantitative estimate of drug-likeness (QED) is 0.725. The van der Waals surface area contributed by atoms with E-state index in [4.69, 9.17) is 0 Å². The van der Waals surface area contributed by atoms with Crippen LogP contribution in [0.5, 0.6) is 0 Å². The largest absolute Gasteiger partial charge is 0.312 e. The highest BCUT2D eigenvalue weighted by Gasteiger charge is 2.01.